The maximum Gasteiger partial charge on any atom is 1.00 e. The van der Waals surface area contributed by atoms with Crippen LogP contribution in [0.2, 0.25) is 0 Å². The van der Waals surface area contributed by atoms with Gasteiger partial charge in [-0.05, 0) is 24.4 Å². The van der Waals surface area contributed by atoms with Gasteiger partial charge in [0.1, 0.15) is 0 Å². The normalized spacial score (nSPS) is 7.67. The Hall–Kier alpha value is -0.310. The molecule has 0 aliphatic rings. The third kappa shape index (κ3) is 3.39. The van der Waals surface area contributed by atoms with Crippen LogP contribution in [0.1, 0.15) is 11.8 Å². The van der Waals surface area contributed by atoms with Gasteiger partial charge in [0.05, 0.1) is 5.16 Å². The van der Waals surface area contributed by atoms with Gasteiger partial charge in [0.2, 0.25) is 0 Å². The van der Waals surface area contributed by atoms with Crippen molar-refractivity contribution >= 4 is 23.3 Å². The molecule has 0 spiro atoms. The monoisotopic (exact) mass is 187 g/mol. The van der Waals surface area contributed by atoms with E-state index in [0.29, 0.717) is 5.56 Å². The molecular weight excluding hydrogens is 181 g/mol. The Kier molecular flexibility index (Phi) is 6.07. The maximum absolute atomic E-state index is 10.9. The minimum atomic E-state index is -0.347. The summed E-state index contributed by atoms with van der Waals surface area (Å²) in [7, 11) is 0. The standard InChI is InChI=1S/C8H5NOS.Na.H/c10-8(9-6-11)7-4-2-1-3-5-7;;/h1-5H;;/q;+1;-1. The van der Waals surface area contributed by atoms with Crippen molar-refractivity contribution in [2.24, 2.45) is 4.99 Å². The number of rotatable bonds is 1. The van der Waals surface area contributed by atoms with Gasteiger partial charge in [0.15, 0.2) is 0 Å². The molecule has 0 aromatic heterocycles. The number of amides is 1. The predicted octanol–water partition coefficient (Wildman–Crippen LogP) is -0.954. The van der Waals surface area contributed by atoms with Crippen LogP contribution in [0.5, 0.6) is 0 Å². The Morgan fingerprint density at radius 1 is 1.42 bits per heavy atom. The molecule has 0 unspecified atom stereocenters. The second-order valence-electron chi connectivity index (χ2n) is 1.87. The van der Waals surface area contributed by atoms with Crippen LogP contribution in [0.3, 0.4) is 0 Å². The molecule has 1 aromatic rings. The van der Waals surface area contributed by atoms with Crippen LogP contribution < -0.4 is 29.6 Å². The van der Waals surface area contributed by atoms with Crippen molar-refractivity contribution in [1.82, 2.24) is 0 Å². The maximum atomic E-state index is 10.9. The molecule has 0 heterocycles. The van der Waals surface area contributed by atoms with E-state index in [0.717, 1.165) is 0 Å². The molecule has 2 nitrogen and oxygen atoms in total. The summed E-state index contributed by atoms with van der Waals surface area (Å²) in [5.41, 5.74) is 0.532. The minimum absolute atomic E-state index is 0. The molecule has 4 heteroatoms. The van der Waals surface area contributed by atoms with Gasteiger partial charge in [-0.1, -0.05) is 18.2 Å². The molecule has 0 radical (unpaired) electrons. The second-order valence-corrected chi connectivity index (χ2v) is 2.06. The van der Waals surface area contributed by atoms with Crippen molar-refractivity contribution < 1.29 is 35.8 Å². The van der Waals surface area contributed by atoms with E-state index < -0.39 is 0 Å². The topological polar surface area (TPSA) is 29.4 Å². The summed E-state index contributed by atoms with van der Waals surface area (Å²) in [5.74, 6) is -0.347. The summed E-state index contributed by atoms with van der Waals surface area (Å²) >= 11 is 4.29. The van der Waals surface area contributed by atoms with Crippen molar-refractivity contribution in [3.63, 3.8) is 0 Å². The molecule has 0 N–H and O–H groups in total. The number of carbonyl (C=O) groups is 1. The molecule has 0 atom stereocenters. The van der Waals surface area contributed by atoms with Gasteiger partial charge in [-0.15, -0.1) is 0 Å². The molecule has 1 aromatic carbocycles. The Morgan fingerprint density at radius 3 is 2.50 bits per heavy atom. The zero-order chi connectivity index (χ0) is 8.10. The molecule has 1 rings (SSSR count). The summed E-state index contributed by atoms with van der Waals surface area (Å²) in [6.45, 7) is 0. The van der Waals surface area contributed by atoms with Crippen molar-refractivity contribution in [3.05, 3.63) is 35.9 Å². The summed E-state index contributed by atoms with van der Waals surface area (Å²) in [4.78, 5) is 14.3. The van der Waals surface area contributed by atoms with Gasteiger partial charge < -0.3 is 1.43 Å². The fraction of sp³-hybridized carbons (Fsp3) is 0. The SMILES string of the molecule is O=C(N=C=S)c1ccccc1.[H-].[Na+]. The summed E-state index contributed by atoms with van der Waals surface area (Å²) in [6.07, 6.45) is 0. The minimum Gasteiger partial charge on any atom is -1.00 e. The quantitative estimate of drug-likeness (QED) is 0.322. The van der Waals surface area contributed by atoms with Crippen LogP contribution in [0.25, 0.3) is 0 Å². The van der Waals surface area contributed by atoms with Crippen molar-refractivity contribution in [1.29, 1.82) is 0 Å². The third-order valence-electron chi connectivity index (χ3n) is 1.17. The van der Waals surface area contributed by atoms with Gasteiger partial charge in [-0.3, -0.25) is 4.79 Å². The largest absolute Gasteiger partial charge is 1.00 e. The van der Waals surface area contributed by atoms with E-state index in [1.165, 1.54) is 0 Å². The molecule has 12 heavy (non-hydrogen) atoms. The second kappa shape index (κ2) is 6.23. The Bertz CT molecular complexity index is 311. The molecule has 56 valence electrons. The van der Waals surface area contributed by atoms with Crippen molar-refractivity contribution in [2.75, 3.05) is 0 Å². The van der Waals surface area contributed by atoms with E-state index in [-0.39, 0.29) is 36.9 Å². The summed E-state index contributed by atoms with van der Waals surface area (Å²) < 4.78 is 0. The fourth-order valence-electron chi connectivity index (χ4n) is 0.687. The average Bonchev–Trinajstić information content (AvgIpc) is 2.07. The average molecular weight is 187 g/mol. The molecule has 0 bridgehead atoms. The van der Waals surface area contributed by atoms with Crippen LogP contribution in [-0.2, 0) is 0 Å². The first-order chi connectivity index (χ1) is 5.34. The van der Waals surface area contributed by atoms with E-state index in [9.17, 15) is 4.79 Å². The van der Waals surface area contributed by atoms with E-state index in [4.69, 9.17) is 0 Å². The van der Waals surface area contributed by atoms with E-state index in [1.54, 1.807) is 24.3 Å². The van der Waals surface area contributed by atoms with Gasteiger partial charge >= 0.3 is 29.6 Å². The van der Waals surface area contributed by atoms with Gasteiger partial charge in [0, 0.05) is 5.56 Å². The zero-order valence-corrected chi connectivity index (χ0v) is 9.47. The first-order valence-electron chi connectivity index (χ1n) is 3.02. The van der Waals surface area contributed by atoms with Crippen LogP contribution in [0, 0.1) is 0 Å². The summed E-state index contributed by atoms with van der Waals surface area (Å²) in [5, 5.41) is 2.02. The number of thiocarbonyl (C=S) groups is 1. The zero-order valence-electron chi connectivity index (χ0n) is 7.65. The molecular formula is C8H6NNaOS. The number of nitrogens with zero attached hydrogens (tertiary/aromatic N) is 1. The number of hydrogen-bond donors (Lipinski definition) is 0. The van der Waals surface area contributed by atoms with Gasteiger partial charge in [0.25, 0.3) is 5.91 Å². The molecule has 0 saturated carbocycles. The van der Waals surface area contributed by atoms with Crippen molar-refractivity contribution in [2.45, 2.75) is 0 Å². The van der Waals surface area contributed by atoms with Crippen LogP contribution in [-0.4, -0.2) is 11.1 Å². The smallest absolute Gasteiger partial charge is 1.00 e. The number of benzene rings is 1. The van der Waals surface area contributed by atoms with Crippen LogP contribution >= 0.6 is 12.2 Å². The van der Waals surface area contributed by atoms with E-state index >= 15 is 0 Å². The number of carbonyl (C=O) groups excluding carboxylic acids is 1. The van der Waals surface area contributed by atoms with Gasteiger partial charge in [-0.2, -0.15) is 4.99 Å². The number of isothiocyanates is 1. The number of aliphatic imine (C=N–C) groups is 1. The number of hydrogen-bond acceptors (Lipinski definition) is 2. The predicted molar refractivity (Wildman–Crippen MR) is 46.9 cm³/mol. The van der Waals surface area contributed by atoms with E-state index in [2.05, 4.69) is 17.2 Å². The third-order valence-corrected chi connectivity index (χ3v) is 1.26. The summed E-state index contributed by atoms with van der Waals surface area (Å²) in [6, 6.07) is 8.73. The Balaban J connectivity index is 0. The molecule has 1 amide bonds. The van der Waals surface area contributed by atoms with Gasteiger partial charge in [-0.25, -0.2) is 0 Å². The molecule has 0 aliphatic carbocycles. The molecule has 0 aliphatic heterocycles. The first kappa shape index (κ1) is 11.7. The first-order valence-corrected chi connectivity index (χ1v) is 3.42. The molecule has 0 fully saturated rings. The van der Waals surface area contributed by atoms with Crippen molar-refractivity contribution in [3.8, 4) is 0 Å². The fourth-order valence-corrected chi connectivity index (χ4v) is 0.770. The van der Waals surface area contributed by atoms with Crippen LogP contribution in [0.15, 0.2) is 35.3 Å². The Labute approximate surface area is 99.5 Å². The van der Waals surface area contributed by atoms with E-state index in [1.807, 2.05) is 11.2 Å². The Morgan fingerprint density at radius 2 is 2.00 bits per heavy atom. The molecule has 0 saturated heterocycles. The van der Waals surface area contributed by atoms with Crippen LogP contribution in [0.4, 0.5) is 0 Å².